The van der Waals surface area contributed by atoms with E-state index in [2.05, 4.69) is 4.99 Å². The Morgan fingerprint density at radius 3 is 2.44 bits per heavy atom. The van der Waals surface area contributed by atoms with E-state index in [4.69, 9.17) is 0 Å². The molecule has 0 N–H and O–H groups in total. The van der Waals surface area contributed by atoms with Crippen LogP contribution in [0.4, 0.5) is 15.8 Å². The summed E-state index contributed by atoms with van der Waals surface area (Å²) in [5.74, 6) is -0.335. The molecule has 4 nitrogen and oxygen atoms in total. The normalized spacial score (nSPS) is 10.7. The van der Waals surface area contributed by atoms with Crippen LogP contribution in [0.25, 0.3) is 0 Å². The fraction of sp³-hybridized carbons (Fsp3) is 0. The Bertz CT molecular complexity index is 594. The monoisotopic (exact) mass is 244 g/mol. The lowest BCUT2D eigenvalue weighted by atomic mass is 10.2. The Balaban J connectivity index is 2.29. The Morgan fingerprint density at radius 2 is 1.78 bits per heavy atom. The lowest BCUT2D eigenvalue weighted by molar-refractivity contribution is -0.384. The van der Waals surface area contributed by atoms with E-state index in [1.807, 2.05) is 0 Å². The zero-order valence-electron chi connectivity index (χ0n) is 9.29. The maximum atomic E-state index is 12.7. The van der Waals surface area contributed by atoms with Gasteiger partial charge in [0.2, 0.25) is 0 Å². The first-order valence-electron chi connectivity index (χ1n) is 5.20. The average molecular weight is 244 g/mol. The highest BCUT2D eigenvalue weighted by Gasteiger charge is 2.10. The molecule has 0 amide bonds. The quantitative estimate of drug-likeness (QED) is 0.471. The molecule has 0 aliphatic rings. The first kappa shape index (κ1) is 11.9. The van der Waals surface area contributed by atoms with Gasteiger partial charge in [-0.05, 0) is 23.8 Å². The molecule has 0 unspecified atom stereocenters. The summed E-state index contributed by atoms with van der Waals surface area (Å²) in [6.45, 7) is 0. The second-order valence-electron chi connectivity index (χ2n) is 3.56. The first-order valence-corrected chi connectivity index (χ1v) is 5.20. The zero-order chi connectivity index (χ0) is 13.0. The van der Waals surface area contributed by atoms with E-state index in [0.29, 0.717) is 5.56 Å². The molecule has 2 aromatic carbocycles. The maximum absolute atomic E-state index is 12.7. The molecule has 2 aromatic rings. The molecule has 0 aliphatic carbocycles. The summed E-state index contributed by atoms with van der Waals surface area (Å²) in [7, 11) is 0. The van der Waals surface area contributed by atoms with E-state index in [1.165, 1.54) is 24.4 Å². The molecule has 5 heteroatoms. The van der Waals surface area contributed by atoms with Crippen LogP contribution in [-0.4, -0.2) is 11.1 Å². The fourth-order valence-corrected chi connectivity index (χ4v) is 1.42. The van der Waals surface area contributed by atoms with Crippen molar-refractivity contribution in [3.8, 4) is 0 Å². The Labute approximate surface area is 103 Å². The number of nitro groups is 1. The Morgan fingerprint density at radius 1 is 1.11 bits per heavy atom. The molecular formula is C13H9FN2O2. The number of halogens is 1. The van der Waals surface area contributed by atoms with Gasteiger partial charge < -0.3 is 0 Å². The summed E-state index contributed by atoms with van der Waals surface area (Å²) < 4.78 is 12.7. The number of hydrogen-bond donors (Lipinski definition) is 0. The zero-order valence-corrected chi connectivity index (χ0v) is 9.29. The van der Waals surface area contributed by atoms with Gasteiger partial charge in [-0.15, -0.1) is 0 Å². The number of benzene rings is 2. The SMILES string of the molecule is O=[N+]([O-])c1ccccc1N=Cc1ccc(F)cc1. The summed E-state index contributed by atoms with van der Waals surface area (Å²) in [5, 5.41) is 10.8. The van der Waals surface area contributed by atoms with Gasteiger partial charge in [-0.1, -0.05) is 24.3 Å². The summed E-state index contributed by atoms with van der Waals surface area (Å²) in [5.41, 5.74) is 0.886. The van der Waals surface area contributed by atoms with Crippen LogP contribution in [0, 0.1) is 15.9 Å². The van der Waals surface area contributed by atoms with Crippen LogP contribution in [0.3, 0.4) is 0 Å². The van der Waals surface area contributed by atoms with Crippen molar-refractivity contribution >= 4 is 17.6 Å². The minimum Gasteiger partial charge on any atom is -0.258 e. The molecule has 0 aromatic heterocycles. The first-order chi connectivity index (χ1) is 8.66. The fourth-order valence-electron chi connectivity index (χ4n) is 1.42. The largest absolute Gasteiger partial charge is 0.294 e. The molecule has 0 heterocycles. The summed E-state index contributed by atoms with van der Waals surface area (Å²) in [6, 6.07) is 11.9. The van der Waals surface area contributed by atoms with Crippen LogP contribution in [0.15, 0.2) is 53.5 Å². The molecule has 2 rings (SSSR count). The van der Waals surface area contributed by atoms with Gasteiger partial charge in [0.1, 0.15) is 11.5 Å². The van der Waals surface area contributed by atoms with Crippen molar-refractivity contribution in [2.45, 2.75) is 0 Å². The summed E-state index contributed by atoms with van der Waals surface area (Å²) in [4.78, 5) is 14.3. The predicted octanol–water partition coefficient (Wildman–Crippen LogP) is 3.48. The van der Waals surface area contributed by atoms with E-state index in [1.54, 1.807) is 30.3 Å². The lowest BCUT2D eigenvalue weighted by Gasteiger charge is -1.96. The van der Waals surface area contributed by atoms with Crippen LogP contribution in [-0.2, 0) is 0 Å². The van der Waals surface area contributed by atoms with E-state index in [9.17, 15) is 14.5 Å². The lowest BCUT2D eigenvalue weighted by Crippen LogP contribution is -1.88. The number of aliphatic imine (C=N–C) groups is 1. The number of hydrogen-bond acceptors (Lipinski definition) is 3. The molecule has 0 saturated carbocycles. The van der Waals surface area contributed by atoms with Crippen LogP contribution in [0.2, 0.25) is 0 Å². The van der Waals surface area contributed by atoms with Gasteiger partial charge in [-0.3, -0.25) is 10.1 Å². The minimum atomic E-state index is -0.489. The molecule has 0 saturated heterocycles. The number of nitrogens with zero attached hydrogens (tertiary/aromatic N) is 2. The van der Waals surface area contributed by atoms with Gasteiger partial charge >= 0.3 is 0 Å². The Kier molecular flexibility index (Phi) is 3.43. The molecule has 0 bridgehead atoms. The molecule has 18 heavy (non-hydrogen) atoms. The minimum absolute atomic E-state index is 0.0594. The van der Waals surface area contributed by atoms with E-state index >= 15 is 0 Å². The molecule has 0 aliphatic heterocycles. The van der Waals surface area contributed by atoms with Crippen molar-refractivity contribution in [3.63, 3.8) is 0 Å². The molecule has 90 valence electrons. The third-order valence-corrected chi connectivity index (χ3v) is 2.30. The smallest absolute Gasteiger partial charge is 0.258 e. The second kappa shape index (κ2) is 5.18. The summed E-state index contributed by atoms with van der Waals surface area (Å²) in [6.07, 6.45) is 1.46. The number of nitro benzene ring substituents is 1. The third kappa shape index (κ3) is 2.76. The molecule has 0 atom stereocenters. The van der Waals surface area contributed by atoms with Gasteiger partial charge in [0.15, 0.2) is 0 Å². The van der Waals surface area contributed by atoms with Crippen molar-refractivity contribution in [1.29, 1.82) is 0 Å². The highest BCUT2D eigenvalue weighted by atomic mass is 19.1. The van der Waals surface area contributed by atoms with E-state index in [-0.39, 0.29) is 17.2 Å². The topological polar surface area (TPSA) is 55.5 Å². The van der Waals surface area contributed by atoms with E-state index in [0.717, 1.165) is 0 Å². The van der Waals surface area contributed by atoms with Crippen molar-refractivity contribution in [2.75, 3.05) is 0 Å². The average Bonchev–Trinajstić information content (AvgIpc) is 2.38. The van der Waals surface area contributed by atoms with Crippen molar-refractivity contribution in [2.24, 2.45) is 4.99 Å². The van der Waals surface area contributed by atoms with Crippen LogP contribution < -0.4 is 0 Å². The van der Waals surface area contributed by atoms with Gasteiger partial charge in [-0.25, -0.2) is 9.38 Å². The van der Waals surface area contributed by atoms with Gasteiger partial charge in [0.05, 0.1) is 4.92 Å². The number of para-hydroxylation sites is 2. The second-order valence-corrected chi connectivity index (χ2v) is 3.56. The highest BCUT2D eigenvalue weighted by Crippen LogP contribution is 2.25. The molecular weight excluding hydrogens is 235 g/mol. The molecule has 0 radical (unpaired) electrons. The van der Waals surface area contributed by atoms with Crippen molar-refractivity contribution < 1.29 is 9.31 Å². The predicted molar refractivity (Wildman–Crippen MR) is 66.8 cm³/mol. The Hall–Kier alpha value is -2.56. The van der Waals surface area contributed by atoms with Crippen molar-refractivity contribution in [1.82, 2.24) is 0 Å². The number of rotatable bonds is 3. The highest BCUT2D eigenvalue weighted by molar-refractivity contribution is 5.83. The molecule has 0 fully saturated rings. The van der Waals surface area contributed by atoms with Crippen LogP contribution in [0.5, 0.6) is 0 Å². The van der Waals surface area contributed by atoms with Gasteiger partial charge in [0, 0.05) is 12.3 Å². The standard InChI is InChI=1S/C13H9FN2O2/c14-11-7-5-10(6-8-11)9-15-12-3-1-2-4-13(12)16(17)18/h1-9H. The third-order valence-electron chi connectivity index (χ3n) is 2.30. The maximum Gasteiger partial charge on any atom is 0.294 e. The van der Waals surface area contributed by atoms with Gasteiger partial charge in [0.25, 0.3) is 5.69 Å². The van der Waals surface area contributed by atoms with Crippen LogP contribution in [0.1, 0.15) is 5.56 Å². The summed E-state index contributed by atoms with van der Waals surface area (Å²) >= 11 is 0. The van der Waals surface area contributed by atoms with Gasteiger partial charge in [-0.2, -0.15) is 0 Å². The van der Waals surface area contributed by atoms with Crippen molar-refractivity contribution in [3.05, 3.63) is 70.0 Å². The van der Waals surface area contributed by atoms with Crippen LogP contribution >= 0.6 is 0 Å². The molecule has 0 spiro atoms. The van der Waals surface area contributed by atoms with E-state index < -0.39 is 4.92 Å².